The van der Waals surface area contributed by atoms with Gasteiger partial charge in [0.05, 0.1) is 30.4 Å². The number of benzene rings is 1. The summed E-state index contributed by atoms with van der Waals surface area (Å²) in [5, 5.41) is 0.624. The summed E-state index contributed by atoms with van der Waals surface area (Å²) in [5.41, 5.74) is 1.69. The van der Waals surface area contributed by atoms with Crippen LogP contribution in [0.3, 0.4) is 0 Å². The maximum absolute atomic E-state index is 11.4. The van der Waals surface area contributed by atoms with Gasteiger partial charge in [-0.3, -0.25) is 4.79 Å². The van der Waals surface area contributed by atoms with E-state index in [0.717, 1.165) is 16.9 Å². The van der Waals surface area contributed by atoms with Gasteiger partial charge in [0.1, 0.15) is 5.82 Å². The quantitative estimate of drug-likeness (QED) is 0.640. The molecule has 0 saturated carbocycles. The molecule has 0 amide bonds. The normalized spacial score (nSPS) is 12.6. The Labute approximate surface area is 121 Å². The Morgan fingerprint density at radius 1 is 1.53 bits per heavy atom. The van der Waals surface area contributed by atoms with Crippen molar-refractivity contribution in [1.29, 1.82) is 0 Å². The first-order chi connectivity index (χ1) is 9.06. The van der Waals surface area contributed by atoms with Gasteiger partial charge in [-0.2, -0.15) is 0 Å². The average molecular weight is 301 g/mol. The molecule has 0 aliphatic heterocycles. The fourth-order valence-electron chi connectivity index (χ4n) is 2.12. The molecule has 0 saturated heterocycles. The topological polar surface area (TPSA) is 44.1 Å². The van der Waals surface area contributed by atoms with Crippen molar-refractivity contribution in [3.05, 3.63) is 29.0 Å². The molecule has 0 bridgehead atoms. The van der Waals surface area contributed by atoms with Gasteiger partial charge >= 0.3 is 5.97 Å². The number of fused-ring (bicyclic) bond motifs is 1. The van der Waals surface area contributed by atoms with E-state index in [2.05, 4.69) is 4.98 Å². The number of alkyl halides is 1. The van der Waals surface area contributed by atoms with Crippen LogP contribution in [-0.4, -0.2) is 22.6 Å². The molecule has 2 aromatic rings. The number of halogens is 2. The summed E-state index contributed by atoms with van der Waals surface area (Å²) in [7, 11) is 1.38. The Kier molecular flexibility index (Phi) is 4.32. The van der Waals surface area contributed by atoms with Crippen molar-refractivity contribution in [3.63, 3.8) is 0 Å². The number of hydrogen-bond donors (Lipinski definition) is 0. The van der Waals surface area contributed by atoms with Crippen LogP contribution in [0.1, 0.15) is 25.2 Å². The highest BCUT2D eigenvalue weighted by Gasteiger charge is 2.18. The Balaban J connectivity index is 2.48. The van der Waals surface area contributed by atoms with Gasteiger partial charge in [-0.1, -0.05) is 11.6 Å². The summed E-state index contributed by atoms with van der Waals surface area (Å²) < 4.78 is 6.65. The van der Waals surface area contributed by atoms with Gasteiger partial charge in [-0.15, -0.1) is 11.6 Å². The molecule has 19 heavy (non-hydrogen) atoms. The molecule has 4 nitrogen and oxygen atoms in total. The lowest BCUT2D eigenvalue weighted by Gasteiger charge is -2.15. The van der Waals surface area contributed by atoms with E-state index in [1.54, 1.807) is 12.1 Å². The number of carbonyl (C=O) groups excluding carboxylic acids is 1. The van der Waals surface area contributed by atoms with Crippen molar-refractivity contribution in [3.8, 4) is 0 Å². The standard InChI is InChI=1S/C13H14Cl2N2O2/c1-8(5-13(18)19-2)17-11-4-3-9(15)6-10(11)16-12(17)7-14/h3-4,6,8H,5,7H2,1-2H3. The number of ether oxygens (including phenoxy) is 1. The molecule has 1 heterocycles. The third-order valence-electron chi connectivity index (χ3n) is 2.97. The zero-order valence-electron chi connectivity index (χ0n) is 10.7. The zero-order chi connectivity index (χ0) is 14.0. The molecule has 0 N–H and O–H groups in total. The van der Waals surface area contributed by atoms with Crippen molar-refractivity contribution < 1.29 is 9.53 Å². The first-order valence-electron chi connectivity index (χ1n) is 5.86. The Morgan fingerprint density at radius 2 is 2.26 bits per heavy atom. The van der Waals surface area contributed by atoms with Crippen LogP contribution in [0.4, 0.5) is 0 Å². The van der Waals surface area contributed by atoms with Crippen molar-refractivity contribution in [1.82, 2.24) is 9.55 Å². The fourth-order valence-corrected chi connectivity index (χ4v) is 2.48. The number of aromatic nitrogens is 2. The van der Waals surface area contributed by atoms with Crippen LogP contribution < -0.4 is 0 Å². The summed E-state index contributed by atoms with van der Waals surface area (Å²) in [5.74, 6) is 0.733. The summed E-state index contributed by atoms with van der Waals surface area (Å²) in [6.45, 7) is 1.93. The van der Waals surface area contributed by atoms with Gasteiger partial charge in [0, 0.05) is 11.1 Å². The van der Waals surface area contributed by atoms with E-state index in [0.29, 0.717) is 5.02 Å². The van der Waals surface area contributed by atoms with E-state index in [-0.39, 0.29) is 24.3 Å². The van der Waals surface area contributed by atoms with Crippen LogP contribution in [0.25, 0.3) is 11.0 Å². The Bertz CT molecular complexity index is 610. The third kappa shape index (κ3) is 2.85. The lowest BCUT2D eigenvalue weighted by Crippen LogP contribution is -2.14. The summed E-state index contributed by atoms with van der Waals surface area (Å²) >= 11 is 11.9. The number of carbonyl (C=O) groups is 1. The summed E-state index contributed by atoms with van der Waals surface area (Å²) in [4.78, 5) is 15.8. The maximum Gasteiger partial charge on any atom is 0.307 e. The van der Waals surface area contributed by atoms with Crippen LogP contribution in [0.2, 0.25) is 5.02 Å². The monoisotopic (exact) mass is 300 g/mol. The predicted octanol–water partition coefficient (Wildman–Crippen LogP) is 3.55. The van der Waals surface area contributed by atoms with Gasteiger partial charge in [0.25, 0.3) is 0 Å². The SMILES string of the molecule is COC(=O)CC(C)n1c(CCl)nc2cc(Cl)ccc21. The third-order valence-corrected chi connectivity index (χ3v) is 3.45. The highest BCUT2D eigenvalue weighted by Crippen LogP contribution is 2.26. The fraction of sp³-hybridized carbons (Fsp3) is 0.385. The van der Waals surface area contributed by atoms with Crippen LogP contribution in [0, 0.1) is 0 Å². The molecule has 0 fully saturated rings. The minimum absolute atomic E-state index is 0.0765. The van der Waals surface area contributed by atoms with Crippen molar-refractivity contribution in [2.24, 2.45) is 0 Å². The molecule has 0 aliphatic carbocycles. The highest BCUT2D eigenvalue weighted by atomic mass is 35.5. The van der Waals surface area contributed by atoms with E-state index >= 15 is 0 Å². The van der Waals surface area contributed by atoms with Crippen LogP contribution >= 0.6 is 23.2 Å². The highest BCUT2D eigenvalue weighted by molar-refractivity contribution is 6.31. The molecule has 6 heteroatoms. The zero-order valence-corrected chi connectivity index (χ0v) is 12.2. The van der Waals surface area contributed by atoms with Gasteiger partial charge in [-0.05, 0) is 25.1 Å². The second kappa shape index (κ2) is 5.80. The van der Waals surface area contributed by atoms with Crippen LogP contribution in [0.15, 0.2) is 18.2 Å². The average Bonchev–Trinajstić information content (AvgIpc) is 2.75. The summed E-state index contributed by atoms with van der Waals surface area (Å²) in [6, 6.07) is 5.39. The molecular weight excluding hydrogens is 287 g/mol. The largest absolute Gasteiger partial charge is 0.469 e. The van der Waals surface area contributed by atoms with E-state index < -0.39 is 0 Å². The minimum Gasteiger partial charge on any atom is -0.469 e. The lowest BCUT2D eigenvalue weighted by molar-refractivity contribution is -0.141. The molecule has 0 radical (unpaired) electrons. The van der Waals surface area contributed by atoms with Gasteiger partial charge in [0.2, 0.25) is 0 Å². The first kappa shape index (κ1) is 14.2. The second-order valence-corrected chi connectivity index (χ2v) is 5.00. The van der Waals surface area contributed by atoms with Crippen LogP contribution in [-0.2, 0) is 15.4 Å². The van der Waals surface area contributed by atoms with Gasteiger partial charge in [-0.25, -0.2) is 4.98 Å². The predicted molar refractivity (Wildman–Crippen MR) is 75.6 cm³/mol. The number of imidazole rings is 1. The second-order valence-electron chi connectivity index (χ2n) is 4.29. The van der Waals surface area contributed by atoms with Crippen molar-refractivity contribution >= 4 is 40.2 Å². The Hall–Kier alpha value is -1.26. The number of rotatable bonds is 4. The number of esters is 1. The maximum atomic E-state index is 11.4. The molecule has 1 aromatic heterocycles. The number of methoxy groups -OCH3 is 1. The first-order valence-corrected chi connectivity index (χ1v) is 6.77. The molecule has 2 rings (SSSR count). The number of nitrogens with zero attached hydrogens (tertiary/aromatic N) is 2. The molecular formula is C13H14Cl2N2O2. The lowest BCUT2D eigenvalue weighted by atomic mass is 10.2. The van der Waals surface area contributed by atoms with E-state index in [9.17, 15) is 4.79 Å². The molecule has 0 spiro atoms. The van der Waals surface area contributed by atoms with E-state index in [4.69, 9.17) is 27.9 Å². The van der Waals surface area contributed by atoms with Crippen LogP contribution in [0.5, 0.6) is 0 Å². The molecule has 1 unspecified atom stereocenters. The van der Waals surface area contributed by atoms with E-state index in [1.807, 2.05) is 17.6 Å². The smallest absolute Gasteiger partial charge is 0.307 e. The number of hydrogen-bond acceptors (Lipinski definition) is 3. The van der Waals surface area contributed by atoms with Crippen molar-refractivity contribution in [2.45, 2.75) is 25.3 Å². The molecule has 1 aromatic carbocycles. The Morgan fingerprint density at radius 3 is 2.89 bits per heavy atom. The molecule has 102 valence electrons. The molecule has 1 atom stereocenters. The molecule has 0 aliphatic rings. The van der Waals surface area contributed by atoms with E-state index in [1.165, 1.54) is 7.11 Å². The van der Waals surface area contributed by atoms with Gasteiger partial charge in [0.15, 0.2) is 0 Å². The van der Waals surface area contributed by atoms with Crippen molar-refractivity contribution in [2.75, 3.05) is 7.11 Å². The summed E-state index contributed by atoms with van der Waals surface area (Å²) in [6.07, 6.45) is 0.272. The minimum atomic E-state index is -0.260. The van der Waals surface area contributed by atoms with Gasteiger partial charge < -0.3 is 9.30 Å².